The molecule has 1 aliphatic heterocycles. The van der Waals surface area contributed by atoms with Crippen LogP contribution in [0.25, 0.3) is 0 Å². The van der Waals surface area contributed by atoms with Crippen molar-refractivity contribution >= 4 is 5.97 Å². The summed E-state index contributed by atoms with van der Waals surface area (Å²) in [5.74, 6) is 0.0869. The van der Waals surface area contributed by atoms with Crippen LogP contribution in [0.4, 0.5) is 0 Å². The Bertz CT molecular complexity index is 653. The molecule has 4 nitrogen and oxygen atoms in total. The molecule has 0 saturated carbocycles. The standard InChI is InChI=1S/C19H23NO3/c1-14-13-20(3)15(2)12-19(14,16-8-5-4-6-9-16)23-18(21)17-10-7-11-22-17/h4-11,14-15H,12-13H2,1-3H3/p+1/t14-,15-,19-/m1/s1. The number of esters is 1. The van der Waals surface area contributed by atoms with Gasteiger partial charge in [0.1, 0.15) is 0 Å². The first-order chi connectivity index (χ1) is 11.0. The molecule has 1 aliphatic rings. The van der Waals surface area contributed by atoms with E-state index in [4.69, 9.17) is 9.15 Å². The zero-order valence-corrected chi connectivity index (χ0v) is 13.9. The number of furan rings is 1. The first-order valence-corrected chi connectivity index (χ1v) is 8.17. The van der Waals surface area contributed by atoms with Crippen molar-refractivity contribution in [3.05, 3.63) is 60.1 Å². The van der Waals surface area contributed by atoms with E-state index in [1.807, 2.05) is 18.2 Å². The van der Waals surface area contributed by atoms with Gasteiger partial charge in [-0.25, -0.2) is 4.79 Å². The van der Waals surface area contributed by atoms with Crippen molar-refractivity contribution in [1.82, 2.24) is 0 Å². The van der Waals surface area contributed by atoms with Gasteiger partial charge in [0, 0.05) is 12.3 Å². The maximum Gasteiger partial charge on any atom is 0.375 e. The molecular formula is C19H24NO3+. The average molecular weight is 314 g/mol. The molecule has 1 unspecified atom stereocenters. The van der Waals surface area contributed by atoms with Gasteiger partial charge in [0.05, 0.1) is 25.9 Å². The van der Waals surface area contributed by atoms with Gasteiger partial charge in [-0.2, -0.15) is 0 Å². The number of nitrogens with one attached hydrogen (secondary N) is 1. The number of likely N-dealkylation sites (tertiary alicyclic amines) is 1. The monoisotopic (exact) mass is 314 g/mol. The summed E-state index contributed by atoms with van der Waals surface area (Å²) < 4.78 is 11.3. The van der Waals surface area contributed by atoms with E-state index in [9.17, 15) is 4.79 Å². The van der Waals surface area contributed by atoms with Crippen LogP contribution in [0.5, 0.6) is 0 Å². The molecule has 4 heteroatoms. The second kappa shape index (κ2) is 6.20. The molecule has 1 N–H and O–H groups in total. The Hall–Kier alpha value is -2.07. The number of hydrogen-bond donors (Lipinski definition) is 1. The van der Waals surface area contributed by atoms with Crippen molar-refractivity contribution in [2.75, 3.05) is 13.6 Å². The highest BCUT2D eigenvalue weighted by Crippen LogP contribution is 2.40. The summed E-state index contributed by atoms with van der Waals surface area (Å²) in [6.45, 7) is 5.33. The van der Waals surface area contributed by atoms with Gasteiger partial charge in [0.25, 0.3) is 0 Å². The van der Waals surface area contributed by atoms with E-state index in [0.717, 1.165) is 18.5 Å². The van der Waals surface area contributed by atoms with Crippen LogP contribution in [0.2, 0.25) is 0 Å². The van der Waals surface area contributed by atoms with Crippen molar-refractivity contribution in [2.24, 2.45) is 5.92 Å². The lowest BCUT2D eigenvalue weighted by Crippen LogP contribution is -3.15. The lowest BCUT2D eigenvalue weighted by molar-refractivity contribution is -0.916. The van der Waals surface area contributed by atoms with E-state index < -0.39 is 11.6 Å². The van der Waals surface area contributed by atoms with Crippen LogP contribution in [0.15, 0.2) is 53.1 Å². The third-order valence-corrected chi connectivity index (χ3v) is 5.13. The number of ether oxygens (including phenoxy) is 1. The Morgan fingerprint density at radius 3 is 2.61 bits per heavy atom. The van der Waals surface area contributed by atoms with Gasteiger partial charge in [0.2, 0.25) is 5.76 Å². The molecule has 1 aromatic heterocycles. The Labute approximate surface area is 137 Å². The van der Waals surface area contributed by atoms with Crippen molar-refractivity contribution < 1.29 is 18.8 Å². The van der Waals surface area contributed by atoms with Crippen LogP contribution >= 0.6 is 0 Å². The lowest BCUT2D eigenvalue weighted by Gasteiger charge is -2.46. The van der Waals surface area contributed by atoms with Gasteiger partial charge in [-0.1, -0.05) is 37.3 Å². The van der Waals surface area contributed by atoms with Crippen LogP contribution in [0.3, 0.4) is 0 Å². The second-order valence-corrected chi connectivity index (χ2v) is 6.68. The molecule has 1 saturated heterocycles. The minimum absolute atomic E-state index is 0.222. The summed E-state index contributed by atoms with van der Waals surface area (Å²) in [5, 5.41) is 0. The van der Waals surface area contributed by atoms with Crippen molar-refractivity contribution in [2.45, 2.75) is 31.9 Å². The van der Waals surface area contributed by atoms with E-state index in [1.54, 1.807) is 12.1 Å². The van der Waals surface area contributed by atoms with Gasteiger partial charge in [-0.05, 0) is 24.6 Å². The molecule has 0 bridgehead atoms. The molecule has 2 heterocycles. The molecular weight excluding hydrogens is 290 g/mol. The fraction of sp³-hybridized carbons (Fsp3) is 0.421. The molecule has 3 rings (SSSR count). The maximum atomic E-state index is 12.6. The zero-order valence-electron chi connectivity index (χ0n) is 13.9. The zero-order chi connectivity index (χ0) is 16.4. The Morgan fingerprint density at radius 2 is 1.96 bits per heavy atom. The molecule has 122 valence electrons. The normalized spacial score (nSPS) is 30.8. The highest BCUT2D eigenvalue weighted by atomic mass is 16.6. The van der Waals surface area contributed by atoms with E-state index in [2.05, 4.69) is 33.0 Å². The first-order valence-electron chi connectivity index (χ1n) is 8.17. The Kier molecular flexibility index (Phi) is 4.26. The van der Waals surface area contributed by atoms with Gasteiger partial charge in [-0.15, -0.1) is 0 Å². The molecule has 1 fully saturated rings. The van der Waals surface area contributed by atoms with Crippen LogP contribution < -0.4 is 4.90 Å². The summed E-state index contributed by atoms with van der Waals surface area (Å²) in [5.41, 5.74) is 0.455. The van der Waals surface area contributed by atoms with Crippen molar-refractivity contribution in [3.63, 3.8) is 0 Å². The number of hydrogen-bond acceptors (Lipinski definition) is 3. The van der Waals surface area contributed by atoms with E-state index in [-0.39, 0.29) is 11.7 Å². The molecule has 2 aromatic rings. The molecule has 0 amide bonds. The van der Waals surface area contributed by atoms with Crippen molar-refractivity contribution in [3.8, 4) is 0 Å². The predicted octanol–water partition coefficient (Wildman–Crippen LogP) is 2.27. The lowest BCUT2D eigenvalue weighted by atomic mass is 9.74. The molecule has 0 aliphatic carbocycles. The second-order valence-electron chi connectivity index (χ2n) is 6.68. The summed E-state index contributed by atoms with van der Waals surface area (Å²) >= 11 is 0. The highest BCUT2D eigenvalue weighted by molar-refractivity contribution is 5.86. The number of carbonyl (C=O) groups is 1. The van der Waals surface area contributed by atoms with Gasteiger partial charge >= 0.3 is 5.97 Å². The summed E-state index contributed by atoms with van der Waals surface area (Å²) in [7, 11) is 2.20. The SMILES string of the molecule is C[C@@H]1C[C@](OC(=O)c2ccco2)(c2ccccc2)[C@H](C)C[NH+]1C. The van der Waals surface area contributed by atoms with Crippen LogP contribution in [0, 0.1) is 5.92 Å². The fourth-order valence-corrected chi connectivity index (χ4v) is 3.61. The third kappa shape index (κ3) is 2.91. The molecule has 1 aromatic carbocycles. The minimum Gasteiger partial charge on any atom is -0.457 e. The van der Waals surface area contributed by atoms with E-state index in [0.29, 0.717) is 6.04 Å². The highest BCUT2D eigenvalue weighted by Gasteiger charge is 2.49. The Morgan fingerprint density at radius 1 is 1.22 bits per heavy atom. The number of quaternary nitrogens is 1. The maximum absolute atomic E-state index is 12.6. The fourth-order valence-electron chi connectivity index (χ4n) is 3.61. The predicted molar refractivity (Wildman–Crippen MR) is 87.2 cm³/mol. The van der Waals surface area contributed by atoms with Crippen LogP contribution in [0.1, 0.15) is 36.4 Å². The van der Waals surface area contributed by atoms with Crippen LogP contribution in [-0.4, -0.2) is 25.6 Å². The van der Waals surface area contributed by atoms with Gasteiger partial charge in [-0.3, -0.25) is 0 Å². The van der Waals surface area contributed by atoms with Crippen LogP contribution in [-0.2, 0) is 10.3 Å². The number of piperidine rings is 1. The number of benzene rings is 1. The third-order valence-electron chi connectivity index (χ3n) is 5.13. The molecule has 4 atom stereocenters. The average Bonchev–Trinajstić information content (AvgIpc) is 3.08. The topological polar surface area (TPSA) is 43.9 Å². The van der Waals surface area contributed by atoms with Gasteiger partial charge in [0.15, 0.2) is 5.60 Å². The van der Waals surface area contributed by atoms with Crippen molar-refractivity contribution in [1.29, 1.82) is 0 Å². The van der Waals surface area contributed by atoms with E-state index >= 15 is 0 Å². The molecule has 23 heavy (non-hydrogen) atoms. The largest absolute Gasteiger partial charge is 0.457 e. The first kappa shape index (κ1) is 15.8. The summed E-state index contributed by atoms with van der Waals surface area (Å²) in [4.78, 5) is 14.0. The van der Waals surface area contributed by atoms with Gasteiger partial charge < -0.3 is 14.1 Å². The minimum atomic E-state index is -0.607. The quantitative estimate of drug-likeness (QED) is 0.884. The summed E-state index contributed by atoms with van der Waals surface area (Å²) in [6.07, 6.45) is 2.30. The molecule has 0 spiro atoms. The molecule has 0 radical (unpaired) electrons. The Balaban J connectivity index is 1.98. The van der Waals surface area contributed by atoms with E-state index in [1.165, 1.54) is 11.2 Å². The number of carbonyl (C=O) groups excluding carboxylic acids is 1. The number of rotatable bonds is 3. The summed E-state index contributed by atoms with van der Waals surface area (Å²) in [6, 6.07) is 13.9. The smallest absolute Gasteiger partial charge is 0.375 e.